The first-order valence-corrected chi connectivity index (χ1v) is 3.41. The molecule has 3 nitrogen and oxygen atoms in total. The first-order chi connectivity index (χ1) is 4.85. The monoisotopic (exact) mass is 145 g/mol. The molecule has 0 aromatic heterocycles. The van der Waals surface area contributed by atoms with Crippen molar-refractivity contribution in [2.75, 3.05) is 27.3 Å². The SMILES string of the molecule is COC.O=CC1CCNC1. The molecule has 0 spiro atoms. The van der Waals surface area contributed by atoms with Crippen LogP contribution in [-0.4, -0.2) is 33.6 Å². The van der Waals surface area contributed by atoms with Gasteiger partial charge in [-0.25, -0.2) is 0 Å². The highest BCUT2D eigenvalue weighted by Crippen LogP contribution is 2.01. The molecule has 0 saturated carbocycles. The fourth-order valence-electron chi connectivity index (χ4n) is 0.793. The fraction of sp³-hybridized carbons (Fsp3) is 0.857. The molecule has 0 amide bonds. The van der Waals surface area contributed by atoms with Crippen LogP contribution in [0.1, 0.15) is 6.42 Å². The molecule has 0 radical (unpaired) electrons. The Morgan fingerprint density at radius 3 is 2.40 bits per heavy atom. The predicted octanol–water partition coefficient (Wildman–Crippen LogP) is 0.0574. The molecular formula is C7H15NO2. The molecule has 1 aliphatic heterocycles. The third kappa shape index (κ3) is 4.47. The Bertz CT molecular complexity index is 79.7. The van der Waals surface area contributed by atoms with Crippen molar-refractivity contribution in [1.82, 2.24) is 5.32 Å². The Kier molecular flexibility index (Phi) is 6.43. The van der Waals surface area contributed by atoms with E-state index in [4.69, 9.17) is 0 Å². The number of methoxy groups -OCH3 is 1. The summed E-state index contributed by atoms with van der Waals surface area (Å²) in [6, 6.07) is 0. The molecule has 1 unspecified atom stereocenters. The number of carbonyl (C=O) groups is 1. The predicted molar refractivity (Wildman–Crippen MR) is 40.0 cm³/mol. The van der Waals surface area contributed by atoms with Crippen LogP contribution in [0.15, 0.2) is 0 Å². The van der Waals surface area contributed by atoms with E-state index in [-0.39, 0.29) is 0 Å². The second kappa shape index (κ2) is 6.71. The highest BCUT2D eigenvalue weighted by atomic mass is 16.4. The Balaban J connectivity index is 0.000000236. The van der Waals surface area contributed by atoms with Crippen LogP contribution in [0, 0.1) is 5.92 Å². The van der Waals surface area contributed by atoms with E-state index in [2.05, 4.69) is 10.1 Å². The quantitative estimate of drug-likeness (QED) is 0.530. The summed E-state index contributed by atoms with van der Waals surface area (Å²) in [5.41, 5.74) is 0. The summed E-state index contributed by atoms with van der Waals surface area (Å²) in [6.45, 7) is 1.91. The van der Waals surface area contributed by atoms with E-state index in [0.29, 0.717) is 5.92 Å². The van der Waals surface area contributed by atoms with Crippen LogP contribution in [0.4, 0.5) is 0 Å². The van der Waals surface area contributed by atoms with Crippen molar-refractivity contribution in [1.29, 1.82) is 0 Å². The van der Waals surface area contributed by atoms with Crippen molar-refractivity contribution in [3.8, 4) is 0 Å². The van der Waals surface area contributed by atoms with Gasteiger partial charge < -0.3 is 14.8 Å². The maximum atomic E-state index is 9.97. The number of rotatable bonds is 1. The van der Waals surface area contributed by atoms with Gasteiger partial charge >= 0.3 is 0 Å². The number of aldehydes is 1. The van der Waals surface area contributed by atoms with Crippen molar-refractivity contribution in [2.45, 2.75) is 6.42 Å². The molecule has 1 aliphatic rings. The molecule has 1 atom stereocenters. The minimum absolute atomic E-state index is 0.306. The van der Waals surface area contributed by atoms with Crippen LogP contribution in [0.25, 0.3) is 0 Å². The average molecular weight is 145 g/mol. The molecule has 10 heavy (non-hydrogen) atoms. The minimum atomic E-state index is 0.306. The van der Waals surface area contributed by atoms with Crippen LogP contribution < -0.4 is 5.32 Å². The molecule has 0 aliphatic carbocycles. The zero-order valence-corrected chi connectivity index (χ0v) is 6.59. The van der Waals surface area contributed by atoms with Crippen LogP contribution in [0.3, 0.4) is 0 Å². The van der Waals surface area contributed by atoms with Crippen molar-refractivity contribution < 1.29 is 9.53 Å². The van der Waals surface area contributed by atoms with Crippen molar-refractivity contribution in [2.24, 2.45) is 5.92 Å². The zero-order chi connectivity index (χ0) is 7.82. The van der Waals surface area contributed by atoms with E-state index in [0.717, 1.165) is 25.8 Å². The van der Waals surface area contributed by atoms with Gasteiger partial charge in [-0.3, -0.25) is 0 Å². The molecule has 1 N–H and O–H groups in total. The Morgan fingerprint density at radius 1 is 1.60 bits per heavy atom. The number of nitrogens with one attached hydrogen (secondary N) is 1. The number of hydrogen-bond donors (Lipinski definition) is 1. The molecule has 1 heterocycles. The van der Waals surface area contributed by atoms with Crippen molar-refractivity contribution in [3.05, 3.63) is 0 Å². The number of hydrogen-bond acceptors (Lipinski definition) is 3. The van der Waals surface area contributed by atoms with Gasteiger partial charge in [0.05, 0.1) is 0 Å². The second-order valence-electron chi connectivity index (χ2n) is 2.30. The summed E-state index contributed by atoms with van der Waals surface area (Å²) in [7, 11) is 3.25. The van der Waals surface area contributed by atoms with Gasteiger partial charge in [0, 0.05) is 26.7 Å². The van der Waals surface area contributed by atoms with E-state index in [1.807, 2.05) is 0 Å². The van der Waals surface area contributed by atoms with Crippen LogP contribution in [0.5, 0.6) is 0 Å². The standard InChI is InChI=1S/C5H9NO.C2H6O/c7-4-5-1-2-6-3-5;1-3-2/h4-6H,1-3H2;1-2H3. The number of carbonyl (C=O) groups excluding carboxylic acids is 1. The first-order valence-electron chi connectivity index (χ1n) is 3.41. The lowest BCUT2D eigenvalue weighted by Crippen LogP contribution is -2.09. The molecule has 1 saturated heterocycles. The fourth-order valence-corrected chi connectivity index (χ4v) is 0.793. The third-order valence-corrected chi connectivity index (χ3v) is 1.29. The van der Waals surface area contributed by atoms with Crippen LogP contribution >= 0.6 is 0 Å². The maximum absolute atomic E-state index is 9.97. The zero-order valence-electron chi connectivity index (χ0n) is 6.59. The molecule has 1 fully saturated rings. The largest absolute Gasteiger partial charge is 0.388 e. The summed E-state index contributed by atoms with van der Waals surface area (Å²) in [5, 5.41) is 3.09. The van der Waals surface area contributed by atoms with Gasteiger partial charge in [0.25, 0.3) is 0 Å². The molecule has 0 aromatic carbocycles. The lowest BCUT2D eigenvalue weighted by Gasteiger charge is -1.89. The molecule has 60 valence electrons. The Morgan fingerprint density at radius 2 is 2.20 bits per heavy atom. The van der Waals surface area contributed by atoms with Gasteiger partial charge in [-0.1, -0.05) is 0 Å². The smallest absolute Gasteiger partial charge is 0.124 e. The van der Waals surface area contributed by atoms with Gasteiger partial charge in [0.2, 0.25) is 0 Å². The number of ether oxygens (including phenoxy) is 1. The van der Waals surface area contributed by atoms with E-state index < -0.39 is 0 Å². The van der Waals surface area contributed by atoms with Crippen LogP contribution in [0.2, 0.25) is 0 Å². The average Bonchev–Trinajstić information content (AvgIpc) is 2.39. The van der Waals surface area contributed by atoms with E-state index in [9.17, 15) is 4.79 Å². The highest BCUT2D eigenvalue weighted by molar-refractivity contribution is 5.54. The Hall–Kier alpha value is -0.410. The maximum Gasteiger partial charge on any atom is 0.124 e. The summed E-state index contributed by atoms with van der Waals surface area (Å²) >= 11 is 0. The summed E-state index contributed by atoms with van der Waals surface area (Å²) in [4.78, 5) is 9.97. The molecule has 0 bridgehead atoms. The molecule has 0 aromatic rings. The summed E-state index contributed by atoms with van der Waals surface area (Å²) in [6.07, 6.45) is 2.06. The molecular weight excluding hydrogens is 130 g/mol. The first kappa shape index (κ1) is 9.59. The Labute approximate surface area is 61.8 Å². The second-order valence-corrected chi connectivity index (χ2v) is 2.30. The highest BCUT2D eigenvalue weighted by Gasteiger charge is 2.11. The van der Waals surface area contributed by atoms with E-state index in [1.165, 1.54) is 0 Å². The van der Waals surface area contributed by atoms with Gasteiger partial charge in [-0.05, 0) is 13.0 Å². The molecule has 3 heteroatoms. The minimum Gasteiger partial charge on any atom is -0.388 e. The molecule has 1 rings (SSSR count). The topological polar surface area (TPSA) is 38.3 Å². The van der Waals surface area contributed by atoms with E-state index >= 15 is 0 Å². The normalized spacial score (nSPS) is 23.2. The van der Waals surface area contributed by atoms with Crippen LogP contribution in [-0.2, 0) is 9.53 Å². The van der Waals surface area contributed by atoms with Crippen molar-refractivity contribution >= 4 is 6.29 Å². The summed E-state index contributed by atoms with van der Waals surface area (Å²) in [5.74, 6) is 0.306. The van der Waals surface area contributed by atoms with E-state index in [1.54, 1.807) is 14.2 Å². The van der Waals surface area contributed by atoms with Gasteiger partial charge in [-0.2, -0.15) is 0 Å². The lowest BCUT2D eigenvalue weighted by atomic mass is 10.2. The third-order valence-electron chi connectivity index (χ3n) is 1.29. The van der Waals surface area contributed by atoms with Gasteiger partial charge in [0.1, 0.15) is 6.29 Å². The van der Waals surface area contributed by atoms with Crippen molar-refractivity contribution in [3.63, 3.8) is 0 Å². The summed E-state index contributed by atoms with van der Waals surface area (Å²) < 4.78 is 4.25. The van der Waals surface area contributed by atoms with Gasteiger partial charge in [0.15, 0.2) is 0 Å². The lowest BCUT2D eigenvalue weighted by molar-refractivity contribution is -0.110. The van der Waals surface area contributed by atoms with Gasteiger partial charge in [-0.15, -0.1) is 0 Å².